The predicted octanol–water partition coefficient (Wildman–Crippen LogP) is 2.75. The zero-order valence-electron chi connectivity index (χ0n) is 17.9. The van der Waals surface area contributed by atoms with Gasteiger partial charge < -0.3 is 14.8 Å². The van der Waals surface area contributed by atoms with Crippen LogP contribution in [-0.4, -0.2) is 26.0 Å². The van der Waals surface area contributed by atoms with Crippen molar-refractivity contribution in [3.63, 3.8) is 0 Å². The summed E-state index contributed by atoms with van der Waals surface area (Å²) in [5.74, 6) is 0.599. The van der Waals surface area contributed by atoms with E-state index in [4.69, 9.17) is 4.52 Å². The van der Waals surface area contributed by atoms with Gasteiger partial charge in [0.05, 0.1) is 0 Å². The molecule has 1 amide bonds. The van der Waals surface area contributed by atoms with Gasteiger partial charge in [0, 0.05) is 30.1 Å². The normalized spacial score (nSPS) is 11.9. The number of aromatic amines is 1. The Morgan fingerprint density at radius 3 is 2.65 bits per heavy atom. The van der Waals surface area contributed by atoms with Crippen LogP contribution in [0.15, 0.2) is 33.8 Å². The zero-order chi connectivity index (χ0) is 22.5. The van der Waals surface area contributed by atoms with Crippen LogP contribution < -0.4 is 10.9 Å². The highest BCUT2D eigenvalue weighted by Crippen LogP contribution is 2.24. The molecule has 0 unspecified atom stereocenters. The molecular weight excluding hydrogens is 396 g/mol. The summed E-state index contributed by atoms with van der Waals surface area (Å²) in [6.45, 7) is 7.40. The third kappa shape index (κ3) is 4.86. The Balaban J connectivity index is 1.72. The van der Waals surface area contributed by atoms with E-state index in [2.05, 4.69) is 25.4 Å². The molecule has 160 valence electrons. The van der Waals surface area contributed by atoms with Gasteiger partial charge in [-0.15, -0.1) is 0 Å². The van der Waals surface area contributed by atoms with Gasteiger partial charge in [0.2, 0.25) is 17.6 Å². The topological polar surface area (TPSA) is 138 Å². The molecule has 9 nitrogen and oxygen atoms in total. The Bertz CT molecular complexity index is 1170. The maximum atomic E-state index is 12.7. The van der Waals surface area contributed by atoms with Crippen molar-refractivity contribution in [1.29, 1.82) is 5.26 Å². The van der Waals surface area contributed by atoms with Gasteiger partial charge in [-0.05, 0) is 49.4 Å². The van der Waals surface area contributed by atoms with E-state index in [1.165, 1.54) is 0 Å². The number of aryl methyl sites for hydroxylation is 1. The van der Waals surface area contributed by atoms with Crippen molar-refractivity contribution < 1.29 is 9.32 Å². The van der Waals surface area contributed by atoms with Gasteiger partial charge >= 0.3 is 0 Å². The molecule has 3 aromatic rings. The third-order valence-corrected chi connectivity index (χ3v) is 5.15. The third-order valence-electron chi connectivity index (χ3n) is 5.15. The lowest BCUT2D eigenvalue weighted by Crippen LogP contribution is -2.32. The highest BCUT2D eigenvalue weighted by atomic mass is 16.5. The molecule has 0 aliphatic rings. The van der Waals surface area contributed by atoms with E-state index in [9.17, 15) is 14.9 Å². The minimum Gasteiger partial charge on any atom is -0.344 e. The smallest absolute Gasteiger partial charge is 0.266 e. The monoisotopic (exact) mass is 420 g/mol. The molecule has 1 atom stereocenters. The zero-order valence-corrected chi connectivity index (χ0v) is 17.9. The summed E-state index contributed by atoms with van der Waals surface area (Å²) in [6, 6.07) is 5.05. The maximum absolute atomic E-state index is 12.7. The molecule has 3 aromatic heterocycles. The first-order valence-electron chi connectivity index (χ1n) is 9.97. The van der Waals surface area contributed by atoms with Gasteiger partial charge in [0.25, 0.3) is 5.56 Å². The van der Waals surface area contributed by atoms with Crippen LogP contribution in [0.5, 0.6) is 0 Å². The van der Waals surface area contributed by atoms with Crippen LogP contribution in [0, 0.1) is 31.1 Å². The summed E-state index contributed by atoms with van der Waals surface area (Å²) in [5, 5.41) is 16.2. The van der Waals surface area contributed by atoms with Crippen LogP contribution in [0.3, 0.4) is 0 Å². The number of aromatic nitrogens is 4. The standard InChI is InChI=1S/C22H24N6O3/c1-12(2)19(22-27-20(28-31-22)15-7-9-24-10-8-15)26-18(29)6-5-16-13(3)17(11-23)21(30)25-14(16)4/h7-10,12,19H,5-6H2,1-4H3,(H,25,30)(H,26,29)/t19-/m0/s1. The second-order valence-corrected chi connectivity index (χ2v) is 7.65. The van der Waals surface area contributed by atoms with Gasteiger partial charge in [-0.2, -0.15) is 10.2 Å². The highest BCUT2D eigenvalue weighted by molar-refractivity contribution is 5.76. The molecule has 3 heterocycles. The Labute approximate surface area is 179 Å². The molecular formula is C22H24N6O3. The minimum atomic E-state index is -0.442. The van der Waals surface area contributed by atoms with Crippen LogP contribution in [0.2, 0.25) is 0 Å². The van der Waals surface area contributed by atoms with E-state index in [1.54, 1.807) is 38.4 Å². The number of H-pyrrole nitrogens is 1. The largest absolute Gasteiger partial charge is 0.344 e. The Morgan fingerprint density at radius 1 is 1.29 bits per heavy atom. The summed E-state index contributed by atoms with van der Waals surface area (Å²) in [7, 11) is 0. The SMILES string of the molecule is Cc1[nH]c(=O)c(C#N)c(C)c1CCC(=O)N[C@H](c1nc(-c2ccncc2)no1)C(C)C. The predicted molar refractivity (Wildman–Crippen MR) is 113 cm³/mol. The average Bonchev–Trinajstić information content (AvgIpc) is 3.22. The molecule has 0 aliphatic carbocycles. The molecule has 0 radical (unpaired) electrons. The van der Waals surface area contributed by atoms with E-state index in [0.717, 1.165) is 11.1 Å². The first-order valence-corrected chi connectivity index (χ1v) is 9.97. The molecule has 2 N–H and O–H groups in total. The van der Waals surface area contributed by atoms with E-state index in [1.807, 2.05) is 19.9 Å². The van der Waals surface area contributed by atoms with E-state index in [0.29, 0.717) is 29.4 Å². The lowest BCUT2D eigenvalue weighted by Gasteiger charge is -2.19. The van der Waals surface area contributed by atoms with Crippen LogP contribution >= 0.6 is 0 Å². The maximum Gasteiger partial charge on any atom is 0.266 e. The van der Waals surface area contributed by atoms with Gasteiger partial charge in [-0.25, -0.2) is 0 Å². The van der Waals surface area contributed by atoms with Crippen molar-refractivity contribution in [2.75, 3.05) is 0 Å². The molecule has 3 rings (SSSR count). The van der Waals surface area contributed by atoms with E-state index < -0.39 is 11.6 Å². The van der Waals surface area contributed by atoms with Gasteiger partial charge in [0.1, 0.15) is 17.7 Å². The van der Waals surface area contributed by atoms with Crippen LogP contribution in [0.1, 0.15) is 54.6 Å². The van der Waals surface area contributed by atoms with Crippen molar-refractivity contribution in [3.05, 3.63) is 63.2 Å². The van der Waals surface area contributed by atoms with Gasteiger partial charge in [0.15, 0.2) is 0 Å². The fraction of sp³-hybridized carbons (Fsp3) is 0.364. The number of amides is 1. The minimum absolute atomic E-state index is 0.0245. The number of hydrogen-bond donors (Lipinski definition) is 2. The number of nitrogens with one attached hydrogen (secondary N) is 2. The first kappa shape index (κ1) is 21.9. The average molecular weight is 420 g/mol. The molecule has 0 aromatic carbocycles. The number of carbonyl (C=O) groups excluding carboxylic acids is 1. The number of hydrogen-bond acceptors (Lipinski definition) is 7. The first-order chi connectivity index (χ1) is 14.8. The number of nitriles is 1. The Hall–Kier alpha value is -3.80. The number of rotatable bonds is 7. The quantitative estimate of drug-likeness (QED) is 0.599. The van der Waals surface area contributed by atoms with Gasteiger partial charge in [-0.3, -0.25) is 14.6 Å². The van der Waals surface area contributed by atoms with Crippen molar-refractivity contribution in [3.8, 4) is 17.5 Å². The molecule has 0 bridgehead atoms. The molecule has 31 heavy (non-hydrogen) atoms. The Kier molecular flexibility index (Phi) is 6.60. The molecule has 0 saturated carbocycles. The van der Waals surface area contributed by atoms with Crippen LogP contribution in [-0.2, 0) is 11.2 Å². The molecule has 0 saturated heterocycles. The van der Waals surface area contributed by atoms with Crippen LogP contribution in [0.4, 0.5) is 0 Å². The number of pyridine rings is 2. The number of nitrogens with zero attached hydrogens (tertiary/aromatic N) is 4. The fourth-order valence-electron chi connectivity index (χ4n) is 3.40. The second-order valence-electron chi connectivity index (χ2n) is 7.65. The van der Waals surface area contributed by atoms with Crippen molar-refractivity contribution in [1.82, 2.24) is 25.4 Å². The summed E-state index contributed by atoms with van der Waals surface area (Å²) < 4.78 is 5.42. The summed E-state index contributed by atoms with van der Waals surface area (Å²) in [5.41, 5.74) is 2.51. The Morgan fingerprint density at radius 2 is 2.00 bits per heavy atom. The summed E-state index contributed by atoms with van der Waals surface area (Å²) >= 11 is 0. The van der Waals surface area contributed by atoms with Crippen molar-refractivity contribution in [2.24, 2.45) is 5.92 Å². The lowest BCUT2D eigenvalue weighted by molar-refractivity contribution is -0.122. The fourth-order valence-corrected chi connectivity index (χ4v) is 3.40. The molecule has 0 spiro atoms. The number of carbonyl (C=O) groups is 1. The summed E-state index contributed by atoms with van der Waals surface area (Å²) in [4.78, 5) is 35.6. The second kappa shape index (κ2) is 9.34. The highest BCUT2D eigenvalue weighted by Gasteiger charge is 2.25. The molecule has 9 heteroatoms. The summed E-state index contributed by atoms with van der Waals surface area (Å²) in [6.07, 6.45) is 3.87. The lowest BCUT2D eigenvalue weighted by atomic mass is 9.98. The van der Waals surface area contributed by atoms with Crippen molar-refractivity contribution >= 4 is 5.91 Å². The van der Waals surface area contributed by atoms with Crippen molar-refractivity contribution in [2.45, 2.75) is 46.6 Å². The van der Waals surface area contributed by atoms with Crippen LogP contribution in [0.25, 0.3) is 11.4 Å². The van der Waals surface area contributed by atoms with Gasteiger partial charge in [-0.1, -0.05) is 19.0 Å². The molecule has 0 aliphatic heterocycles. The molecule has 0 fully saturated rings. The van der Waals surface area contributed by atoms with E-state index >= 15 is 0 Å². The van der Waals surface area contributed by atoms with E-state index in [-0.39, 0.29) is 23.8 Å².